The molecule has 1 aromatic heterocycles. The average Bonchev–Trinajstić information content (AvgIpc) is 3.06. The molecule has 126 valence electrons. The number of pyridine rings is 1. The van der Waals surface area contributed by atoms with Crippen molar-refractivity contribution in [1.82, 2.24) is 9.88 Å². The van der Waals surface area contributed by atoms with Crippen LogP contribution in [0.3, 0.4) is 0 Å². The predicted octanol–water partition coefficient (Wildman–Crippen LogP) is 2.87. The summed E-state index contributed by atoms with van der Waals surface area (Å²) in [6.45, 7) is 0.631. The van der Waals surface area contributed by atoms with E-state index in [2.05, 4.69) is 4.98 Å². The molecular weight excluding hydrogens is 311 g/mol. The molecule has 5 nitrogen and oxygen atoms in total. The van der Waals surface area contributed by atoms with Crippen molar-refractivity contribution >= 4 is 5.97 Å². The SMILES string of the molecule is COc1ccc(C(c2ccccn2)N2CCCC2C(=O)O)cc1F. The number of aromatic nitrogens is 1. The van der Waals surface area contributed by atoms with Crippen LogP contribution in [0.2, 0.25) is 0 Å². The number of carbonyl (C=O) groups is 1. The molecule has 0 aliphatic carbocycles. The number of ether oxygens (including phenoxy) is 1. The van der Waals surface area contributed by atoms with E-state index in [4.69, 9.17) is 4.74 Å². The fraction of sp³-hybridized carbons (Fsp3) is 0.333. The molecule has 0 spiro atoms. The molecule has 2 unspecified atom stereocenters. The topological polar surface area (TPSA) is 62.7 Å². The van der Waals surface area contributed by atoms with Crippen molar-refractivity contribution in [2.45, 2.75) is 24.9 Å². The zero-order valence-electron chi connectivity index (χ0n) is 13.4. The molecule has 0 amide bonds. The molecule has 1 saturated heterocycles. The minimum atomic E-state index is -0.859. The smallest absolute Gasteiger partial charge is 0.320 e. The van der Waals surface area contributed by atoms with Crippen molar-refractivity contribution in [1.29, 1.82) is 0 Å². The maximum Gasteiger partial charge on any atom is 0.320 e. The normalized spacial score (nSPS) is 19.2. The summed E-state index contributed by atoms with van der Waals surface area (Å²) in [6, 6.07) is 9.21. The van der Waals surface area contributed by atoms with Gasteiger partial charge >= 0.3 is 5.97 Å². The van der Waals surface area contributed by atoms with Crippen LogP contribution in [0, 0.1) is 5.82 Å². The van der Waals surface area contributed by atoms with Gasteiger partial charge in [0.1, 0.15) is 6.04 Å². The molecule has 3 rings (SSSR count). The molecule has 0 radical (unpaired) electrons. The molecule has 0 saturated carbocycles. The molecule has 2 atom stereocenters. The van der Waals surface area contributed by atoms with Crippen LogP contribution in [0.5, 0.6) is 5.75 Å². The Hall–Kier alpha value is -2.47. The Morgan fingerprint density at radius 2 is 2.25 bits per heavy atom. The van der Waals surface area contributed by atoms with Gasteiger partial charge < -0.3 is 9.84 Å². The first-order chi connectivity index (χ1) is 11.6. The molecule has 2 heterocycles. The van der Waals surface area contributed by atoms with Crippen LogP contribution in [-0.4, -0.2) is 40.7 Å². The lowest BCUT2D eigenvalue weighted by Crippen LogP contribution is -2.39. The first-order valence-electron chi connectivity index (χ1n) is 7.84. The lowest BCUT2D eigenvalue weighted by atomic mass is 10.00. The molecule has 1 aliphatic heterocycles. The third-order valence-corrected chi connectivity index (χ3v) is 4.37. The molecule has 1 fully saturated rings. The summed E-state index contributed by atoms with van der Waals surface area (Å²) in [5.41, 5.74) is 1.37. The first-order valence-corrected chi connectivity index (χ1v) is 7.84. The molecule has 0 bridgehead atoms. The van der Waals surface area contributed by atoms with Gasteiger partial charge in [-0.25, -0.2) is 4.39 Å². The number of rotatable bonds is 5. The van der Waals surface area contributed by atoms with Crippen LogP contribution in [0.15, 0.2) is 42.6 Å². The van der Waals surface area contributed by atoms with Gasteiger partial charge in [-0.1, -0.05) is 12.1 Å². The third kappa shape index (κ3) is 3.10. The van der Waals surface area contributed by atoms with Gasteiger partial charge in [-0.3, -0.25) is 14.7 Å². The zero-order chi connectivity index (χ0) is 17.1. The Labute approximate surface area is 139 Å². The summed E-state index contributed by atoms with van der Waals surface area (Å²) in [4.78, 5) is 17.8. The van der Waals surface area contributed by atoms with E-state index in [0.717, 1.165) is 6.42 Å². The van der Waals surface area contributed by atoms with E-state index in [0.29, 0.717) is 24.2 Å². The maximum absolute atomic E-state index is 14.2. The molecule has 24 heavy (non-hydrogen) atoms. The summed E-state index contributed by atoms with van der Waals surface area (Å²) in [6.07, 6.45) is 3.03. The highest BCUT2D eigenvalue weighted by Crippen LogP contribution is 2.35. The van der Waals surface area contributed by atoms with Crippen molar-refractivity contribution in [2.24, 2.45) is 0 Å². The Morgan fingerprint density at radius 1 is 1.42 bits per heavy atom. The van der Waals surface area contributed by atoms with Gasteiger partial charge in [0.15, 0.2) is 11.6 Å². The highest BCUT2D eigenvalue weighted by molar-refractivity contribution is 5.74. The second-order valence-corrected chi connectivity index (χ2v) is 5.79. The number of benzene rings is 1. The van der Waals surface area contributed by atoms with Crippen molar-refractivity contribution in [3.8, 4) is 5.75 Å². The molecule has 1 aromatic carbocycles. The molecule has 1 N–H and O–H groups in total. The number of carboxylic acids is 1. The van der Waals surface area contributed by atoms with Gasteiger partial charge in [0.05, 0.1) is 18.8 Å². The number of aliphatic carboxylic acids is 1. The van der Waals surface area contributed by atoms with Crippen LogP contribution in [0.25, 0.3) is 0 Å². The van der Waals surface area contributed by atoms with Crippen LogP contribution in [-0.2, 0) is 4.79 Å². The highest BCUT2D eigenvalue weighted by Gasteiger charge is 2.37. The fourth-order valence-corrected chi connectivity index (χ4v) is 3.29. The van der Waals surface area contributed by atoms with Crippen LogP contribution >= 0.6 is 0 Å². The van der Waals surface area contributed by atoms with Gasteiger partial charge in [0, 0.05) is 12.7 Å². The number of likely N-dealkylation sites (tertiary alicyclic amines) is 1. The second kappa shape index (κ2) is 6.97. The predicted molar refractivity (Wildman–Crippen MR) is 86.4 cm³/mol. The van der Waals surface area contributed by atoms with Crippen LogP contribution < -0.4 is 4.74 Å². The molecule has 6 heteroatoms. The monoisotopic (exact) mass is 330 g/mol. The van der Waals surface area contributed by atoms with Gasteiger partial charge in [-0.05, 0) is 42.7 Å². The quantitative estimate of drug-likeness (QED) is 0.913. The van der Waals surface area contributed by atoms with E-state index < -0.39 is 23.9 Å². The number of nitrogens with zero attached hydrogens (tertiary/aromatic N) is 2. The summed E-state index contributed by atoms with van der Waals surface area (Å²) in [5, 5.41) is 9.51. The van der Waals surface area contributed by atoms with E-state index in [1.165, 1.54) is 13.2 Å². The lowest BCUT2D eigenvalue weighted by Gasteiger charge is -2.31. The molecule has 1 aliphatic rings. The number of methoxy groups -OCH3 is 1. The largest absolute Gasteiger partial charge is 0.494 e. The highest BCUT2D eigenvalue weighted by atomic mass is 19.1. The summed E-state index contributed by atoms with van der Waals surface area (Å²) in [7, 11) is 1.41. The first kappa shape index (κ1) is 16.4. The standard InChI is InChI=1S/C18H19FN2O3/c1-24-16-8-7-12(11-13(16)19)17(14-5-2-3-9-20-14)21-10-4-6-15(21)18(22)23/h2-3,5,7-9,11,15,17H,4,6,10H2,1H3,(H,22,23). The van der Waals surface area contributed by atoms with E-state index in [-0.39, 0.29) is 5.75 Å². The Kier molecular flexibility index (Phi) is 4.76. The third-order valence-electron chi connectivity index (χ3n) is 4.37. The van der Waals surface area contributed by atoms with E-state index in [1.54, 1.807) is 24.4 Å². The Bertz CT molecular complexity index is 723. The van der Waals surface area contributed by atoms with Crippen molar-refractivity contribution < 1.29 is 19.0 Å². The summed E-state index contributed by atoms with van der Waals surface area (Å²) in [5.74, 6) is -1.17. The number of carboxylic acid groups (broad SMARTS) is 1. The van der Waals surface area contributed by atoms with Gasteiger partial charge in [-0.2, -0.15) is 0 Å². The van der Waals surface area contributed by atoms with E-state index >= 15 is 0 Å². The number of hydrogen-bond acceptors (Lipinski definition) is 4. The van der Waals surface area contributed by atoms with Gasteiger partial charge in [0.2, 0.25) is 0 Å². The van der Waals surface area contributed by atoms with Gasteiger partial charge in [-0.15, -0.1) is 0 Å². The Balaban J connectivity index is 2.06. The number of hydrogen-bond donors (Lipinski definition) is 1. The van der Waals surface area contributed by atoms with E-state index in [1.807, 2.05) is 17.0 Å². The fourth-order valence-electron chi connectivity index (χ4n) is 3.29. The summed E-state index contributed by atoms with van der Waals surface area (Å²) < 4.78 is 19.2. The molecular formula is C18H19FN2O3. The van der Waals surface area contributed by atoms with E-state index in [9.17, 15) is 14.3 Å². The van der Waals surface area contributed by atoms with Crippen molar-refractivity contribution in [2.75, 3.05) is 13.7 Å². The minimum Gasteiger partial charge on any atom is -0.494 e. The average molecular weight is 330 g/mol. The summed E-state index contributed by atoms with van der Waals surface area (Å²) >= 11 is 0. The second-order valence-electron chi connectivity index (χ2n) is 5.79. The van der Waals surface area contributed by atoms with Crippen molar-refractivity contribution in [3.05, 3.63) is 59.7 Å². The molecule has 2 aromatic rings. The van der Waals surface area contributed by atoms with Crippen LogP contribution in [0.1, 0.15) is 30.1 Å². The Morgan fingerprint density at radius 3 is 2.88 bits per heavy atom. The lowest BCUT2D eigenvalue weighted by molar-refractivity contribution is -0.142. The number of halogens is 1. The van der Waals surface area contributed by atoms with Crippen molar-refractivity contribution in [3.63, 3.8) is 0 Å². The van der Waals surface area contributed by atoms with Crippen LogP contribution in [0.4, 0.5) is 4.39 Å². The maximum atomic E-state index is 14.2. The van der Waals surface area contributed by atoms with Gasteiger partial charge in [0.25, 0.3) is 0 Å². The zero-order valence-corrected chi connectivity index (χ0v) is 13.4. The minimum absolute atomic E-state index is 0.162.